The zero-order valence-electron chi connectivity index (χ0n) is 7.54. The lowest BCUT2D eigenvalue weighted by Gasteiger charge is -1.93. The van der Waals surface area contributed by atoms with Gasteiger partial charge in [-0.05, 0) is 25.6 Å². The Bertz CT molecular complexity index is 166. The average Bonchev–Trinajstić information content (AvgIpc) is 1.97. The van der Waals surface area contributed by atoms with Crippen molar-refractivity contribution >= 4 is 12.6 Å². The topological polar surface area (TPSA) is 24.7 Å². The highest BCUT2D eigenvalue weighted by molar-refractivity contribution is 5.95. The van der Waals surface area contributed by atoms with Gasteiger partial charge < -0.3 is 0 Å². The van der Waals surface area contributed by atoms with Crippen molar-refractivity contribution in [3.8, 4) is 0 Å². The molecular weight excluding hydrogens is 136 g/mol. The minimum Gasteiger partial charge on any atom is -0.267 e. The fourth-order valence-electron chi connectivity index (χ4n) is 0.596. The first-order valence-corrected chi connectivity index (χ1v) is 3.90. The molecule has 0 aromatic rings. The third-order valence-corrected chi connectivity index (χ3v) is 1.11. The van der Waals surface area contributed by atoms with Crippen molar-refractivity contribution in [1.82, 2.24) is 0 Å². The van der Waals surface area contributed by atoms with Gasteiger partial charge in [0, 0.05) is 6.54 Å². The highest BCUT2D eigenvalue weighted by atomic mass is 14.9. The van der Waals surface area contributed by atoms with Crippen LogP contribution in [-0.2, 0) is 0 Å². The number of rotatable bonds is 3. The third kappa shape index (κ3) is 5.52. The van der Waals surface area contributed by atoms with Gasteiger partial charge in [0.05, 0.1) is 0 Å². The monoisotopic (exact) mass is 152 g/mol. The van der Waals surface area contributed by atoms with Crippen molar-refractivity contribution in [2.75, 3.05) is 6.54 Å². The number of hydrogen-bond acceptors (Lipinski definition) is 1. The third-order valence-electron chi connectivity index (χ3n) is 1.11. The molecule has 0 heterocycles. The molecule has 0 bridgehead atoms. The quantitative estimate of drug-likeness (QED) is 0.438. The van der Waals surface area contributed by atoms with E-state index >= 15 is 0 Å². The van der Waals surface area contributed by atoms with E-state index in [4.69, 9.17) is 0 Å². The summed E-state index contributed by atoms with van der Waals surface area (Å²) in [5.41, 5.74) is 0. The molecule has 0 fully saturated rings. The number of nitrogens with zero attached hydrogens (tertiary/aromatic N) is 2. The molecule has 0 atom stereocenters. The molecule has 0 saturated heterocycles. The SMILES string of the molecule is C=NC(/C=C\C(C)C)=NCC. The Kier molecular flexibility index (Phi) is 5.35. The standard InChI is InChI=1S/C9H16N2/c1-5-11-9(10-4)7-6-8(2)3/h6-8H,4-5H2,1-3H3/b7-6-,11-9?. The zero-order chi connectivity index (χ0) is 8.69. The van der Waals surface area contributed by atoms with Crippen LogP contribution in [0.1, 0.15) is 20.8 Å². The summed E-state index contributed by atoms with van der Waals surface area (Å²) in [5, 5.41) is 0. The predicted octanol–water partition coefficient (Wildman–Crippen LogP) is 2.32. The molecule has 0 aliphatic carbocycles. The zero-order valence-corrected chi connectivity index (χ0v) is 7.54. The van der Waals surface area contributed by atoms with E-state index in [-0.39, 0.29) is 0 Å². The predicted molar refractivity (Wildman–Crippen MR) is 51.5 cm³/mol. The van der Waals surface area contributed by atoms with Crippen LogP contribution in [0.5, 0.6) is 0 Å². The van der Waals surface area contributed by atoms with Crippen molar-refractivity contribution in [2.24, 2.45) is 15.9 Å². The van der Waals surface area contributed by atoms with Crippen molar-refractivity contribution in [2.45, 2.75) is 20.8 Å². The van der Waals surface area contributed by atoms with Gasteiger partial charge in [0.2, 0.25) is 0 Å². The van der Waals surface area contributed by atoms with Crippen LogP contribution < -0.4 is 0 Å². The number of hydrogen-bond donors (Lipinski definition) is 0. The summed E-state index contributed by atoms with van der Waals surface area (Å²) in [6.45, 7) is 10.4. The Morgan fingerprint density at radius 3 is 2.55 bits per heavy atom. The summed E-state index contributed by atoms with van der Waals surface area (Å²) < 4.78 is 0. The largest absolute Gasteiger partial charge is 0.267 e. The maximum Gasteiger partial charge on any atom is 0.146 e. The molecule has 0 unspecified atom stereocenters. The molecule has 2 nitrogen and oxygen atoms in total. The van der Waals surface area contributed by atoms with Crippen LogP contribution in [0.25, 0.3) is 0 Å². The Balaban J connectivity index is 4.08. The molecule has 62 valence electrons. The average molecular weight is 152 g/mol. The van der Waals surface area contributed by atoms with Gasteiger partial charge >= 0.3 is 0 Å². The fraction of sp³-hybridized carbons (Fsp3) is 0.556. The van der Waals surface area contributed by atoms with Gasteiger partial charge in [0.1, 0.15) is 5.84 Å². The van der Waals surface area contributed by atoms with Crippen molar-refractivity contribution in [1.29, 1.82) is 0 Å². The maximum absolute atomic E-state index is 4.12. The summed E-state index contributed by atoms with van der Waals surface area (Å²) in [7, 11) is 0. The summed E-state index contributed by atoms with van der Waals surface area (Å²) in [4.78, 5) is 7.88. The van der Waals surface area contributed by atoms with E-state index in [1.54, 1.807) is 0 Å². The van der Waals surface area contributed by atoms with E-state index in [1.807, 2.05) is 13.0 Å². The van der Waals surface area contributed by atoms with Crippen molar-refractivity contribution in [3.63, 3.8) is 0 Å². The lowest BCUT2D eigenvalue weighted by molar-refractivity contribution is 0.832. The second kappa shape index (κ2) is 5.83. The number of allylic oxidation sites excluding steroid dienone is 1. The van der Waals surface area contributed by atoms with Crippen LogP contribution in [0.15, 0.2) is 22.1 Å². The minimum atomic E-state index is 0.541. The summed E-state index contributed by atoms with van der Waals surface area (Å²) in [6, 6.07) is 0. The van der Waals surface area contributed by atoms with Gasteiger partial charge in [-0.25, -0.2) is 4.99 Å². The van der Waals surface area contributed by atoms with Crippen LogP contribution in [0.4, 0.5) is 0 Å². The van der Waals surface area contributed by atoms with E-state index in [2.05, 4.69) is 36.6 Å². The first kappa shape index (κ1) is 10.1. The Labute approximate surface area is 68.8 Å². The Morgan fingerprint density at radius 2 is 2.18 bits per heavy atom. The molecule has 0 radical (unpaired) electrons. The van der Waals surface area contributed by atoms with Crippen molar-refractivity contribution in [3.05, 3.63) is 12.2 Å². The smallest absolute Gasteiger partial charge is 0.146 e. The van der Waals surface area contributed by atoms with Gasteiger partial charge in [0.15, 0.2) is 0 Å². The van der Waals surface area contributed by atoms with Crippen LogP contribution in [0.2, 0.25) is 0 Å². The van der Waals surface area contributed by atoms with E-state index in [0.717, 1.165) is 12.4 Å². The highest BCUT2D eigenvalue weighted by Crippen LogP contribution is 1.94. The van der Waals surface area contributed by atoms with Crippen LogP contribution in [0.3, 0.4) is 0 Å². The Hall–Kier alpha value is -0.920. The lowest BCUT2D eigenvalue weighted by Crippen LogP contribution is -1.90. The van der Waals surface area contributed by atoms with E-state index in [1.165, 1.54) is 0 Å². The second-order valence-corrected chi connectivity index (χ2v) is 2.59. The van der Waals surface area contributed by atoms with Crippen molar-refractivity contribution < 1.29 is 0 Å². The summed E-state index contributed by atoms with van der Waals surface area (Å²) in [5.74, 6) is 1.26. The molecule has 0 saturated carbocycles. The van der Waals surface area contributed by atoms with Gasteiger partial charge in [-0.15, -0.1) is 0 Å². The molecule has 0 aromatic heterocycles. The van der Waals surface area contributed by atoms with Crippen LogP contribution >= 0.6 is 0 Å². The van der Waals surface area contributed by atoms with E-state index < -0.39 is 0 Å². The van der Waals surface area contributed by atoms with Crippen LogP contribution in [0, 0.1) is 5.92 Å². The molecule has 0 spiro atoms. The molecule has 0 aromatic carbocycles. The molecule has 0 rings (SSSR count). The maximum atomic E-state index is 4.12. The molecule has 0 aliphatic heterocycles. The molecule has 0 aliphatic rings. The molecule has 0 amide bonds. The van der Waals surface area contributed by atoms with Gasteiger partial charge in [0.25, 0.3) is 0 Å². The molecule has 11 heavy (non-hydrogen) atoms. The lowest BCUT2D eigenvalue weighted by atomic mass is 10.2. The summed E-state index contributed by atoms with van der Waals surface area (Å²) >= 11 is 0. The molecule has 2 heteroatoms. The van der Waals surface area contributed by atoms with E-state index in [9.17, 15) is 0 Å². The number of aliphatic imine (C=N–C) groups is 2. The van der Waals surface area contributed by atoms with Gasteiger partial charge in [-0.1, -0.05) is 19.9 Å². The fourth-order valence-corrected chi connectivity index (χ4v) is 0.596. The first-order chi connectivity index (χ1) is 5.20. The van der Waals surface area contributed by atoms with Gasteiger partial charge in [-0.2, -0.15) is 0 Å². The van der Waals surface area contributed by atoms with Gasteiger partial charge in [-0.3, -0.25) is 4.99 Å². The number of amidine groups is 1. The van der Waals surface area contributed by atoms with Crippen LogP contribution in [-0.4, -0.2) is 19.1 Å². The molecule has 0 N–H and O–H groups in total. The highest BCUT2D eigenvalue weighted by Gasteiger charge is 1.87. The second-order valence-electron chi connectivity index (χ2n) is 2.59. The van der Waals surface area contributed by atoms with E-state index in [0.29, 0.717) is 5.92 Å². The summed E-state index contributed by atoms with van der Waals surface area (Å²) in [6.07, 6.45) is 3.96. The molecular formula is C9H16N2. The Morgan fingerprint density at radius 1 is 1.55 bits per heavy atom. The normalized spacial score (nSPS) is 12.9. The minimum absolute atomic E-state index is 0.541. The first-order valence-electron chi connectivity index (χ1n) is 3.90.